The van der Waals surface area contributed by atoms with E-state index in [1.54, 1.807) is 16.2 Å². The minimum absolute atomic E-state index is 0.150. The number of aryl methyl sites for hydroxylation is 1. The number of aliphatic hydroxyl groups excluding tert-OH is 2. The summed E-state index contributed by atoms with van der Waals surface area (Å²) in [6.07, 6.45) is -1.66. The van der Waals surface area contributed by atoms with Crippen LogP contribution < -0.4 is 10.6 Å². The SMILES string of the molecule is Cc1ncsc1-c1ccc(CNC(=O)C2CC(O)CN2C(O)C(NC(=O)C2COC2)C(C)(C)C)cc1. The Bertz CT molecular complexity index is 1060. The zero-order valence-electron chi connectivity index (χ0n) is 21.2. The van der Waals surface area contributed by atoms with Gasteiger partial charge in [0.15, 0.2) is 0 Å². The Hall–Kier alpha value is -2.37. The van der Waals surface area contributed by atoms with Crippen molar-refractivity contribution in [2.24, 2.45) is 11.3 Å². The summed E-state index contributed by atoms with van der Waals surface area (Å²) in [6.45, 7) is 8.99. The van der Waals surface area contributed by atoms with Crippen LogP contribution >= 0.6 is 11.3 Å². The molecule has 4 N–H and O–H groups in total. The summed E-state index contributed by atoms with van der Waals surface area (Å²) in [6, 6.07) is 6.64. The molecule has 4 rings (SSSR count). The molecule has 0 bridgehead atoms. The maximum Gasteiger partial charge on any atom is 0.237 e. The molecular formula is C26H36N4O5S. The topological polar surface area (TPSA) is 124 Å². The van der Waals surface area contributed by atoms with Crippen molar-refractivity contribution < 1.29 is 24.5 Å². The first-order chi connectivity index (χ1) is 17.0. The summed E-state index contributed by atoms with van der Waals surface area (Å²) < 4.78 is 5.12. The molecule has 3 heterocycles. The van der Waals surface area contributed by atoms with Crippen LogP contribution in [0.1, 0.15) is 38.4 Å². The highest BCUT2D eigenvalue weighted by Crippen LogP contribution is 2.30. The number of aliphatic hydroxyl groups is 2. The van der Waals surface area contributed by atoms with Gasteiger partial charge in [-0.2, -0.15) is 0 Å². The van der Waals surface area contributed by atoms with Gasteiger partial charge in [-0.15, -0.1) is 11.3 Å². The van der Waals surface area contributed by atoms with E-state index in [0.29, 0.717) is 19.8 Å². The van der Waals surface area contributed by atoms with Crippen molar-refractivity contribution in [2.75, 3.05) is 19.8 Å². The van der Waals surface area contributed by atoms with E-state index < -0.39 is 29.8 Å². The van der Waals surface area contributed by atoms with Gasteiger partial charge >= 0.3 is 0 Å². The maximum atomic E-state index is 13.2. The number of thiazole rings is 1. The molecule has 0 spiro atoms. The highest BCUT2D eigenvalue weighted by atomic mass is 32.1. The number of benzene rings is 1. The van der Waals surface area contributed by atoms with Gasteiger partial charge in [-0.05, 0) is 29.9 Å². The van der Waals surface area contributed by atoms with E-state index in [1.165, 1.54) is 0 Å². The van der Waals surface area contributed by atoms with E-state index in [0.717, 1.165) is 21.7 Å². The van der Waals surface area contributed by atoms with Gasteiger partial charge in [-0.3, -0.25) is 14.5 Å². The van der Waals surface area contributed by atoms with E-state index in [-0.39, 0.29) is 30.7 Å². The van der Waals surface area contributed by atoms with Crippen LogP contribution in [0.3, 0.4) is 0 Å². The lowest BCUT2D eigenvalue weighted by Crippen LogP contribution is -2.61. The number of carbonyl (C=O) groups is 2. The Kier molecular flexibility index (Phi) is 8.11. The zero-order chi connectivity index (χ0) is 26.0. The summed E-state index contributed by atoms with van der Waals surface area (Å²) >= 11 is 1.59. The number of amides is 2. The van der Waals surface area contributed by atoms with Crippen molar-refractivity contribution in [3.05, 3.63) is 41.0 Å². The quantitative estimate of drug-likeness (QED) is 0.421. The number of β-amino-alcohol motifs (C(OH)–C–C–N with tert-alkyl or cyclic N) is 1. The minimum Gasteiger partial charge on any atom is -0.392 e. The summed E-state index contributed by atoms with van der Waals surface area (Å²) in [5.74, 6) is -0.658. The minimum atomic E-state index is -1.13. The second kappa shape index (κ2) is 10.9. The number of ether oxygens (including phenoxy) is 1. The van der Waals surface area contributed by atoms with E-state index in [9.17, 15) is 19.8 Å². The Morgan fingerprint density at radius 2 is 1.92 bits per heavy atom. The molecule has 4 unspecified atom stereocenters. The molecule has 2 aliphatic heterocycles. The highest BCUT2D eigenvalue weighted by Gasteiger charge is 2.45. The first kappa shape index (κ1) is 26.7. The number of carbonyl (C=O) groups excluding carboxylic acids is 2. The molecule has 0 aliphatic carbocycles. The predicted octanol–water partition coefficient (Wildman–Crippen LogP) is 1.67. The van der Waals surface area contributed by atoms with Gasteiger partial charge in [-0.25, -0.2) is 4.98 Å². The second-order valence-electron chi connectivity index (χ2n) is 10.8. The molecule has 9 nitrogen and oxygen atoms in total. The number of hydrogen-bond donors (Lipinski definition) is 4. The van der Waals surface area contributed by atoms with Crippen LogP contribution in [0.4, 0.5) is 0 Å². The number of nitrogens with zero attached hydrogens (tertiary/aromatic N) is 2. The lowest BCUT2D eigenvalue weighted by Gasteiger charge is -2.41. The molecule has 2 saturated heterocycles. The lowest BCUT2D eigenvalue weighted by molar-refractivity contribution is -0.145. The third-order valence-corrected chi connectivity index (χ3v) is 7.90. The van der Waals surface area contributed by atoms with Crippen LogP contribution in [0, 0.1) is 18.3 Å². The van der Waals surface area contributed by atoms with Crippen molar-refractivity contribution in [1.82, 2.24) is 20.5 Å². The molecule has 4 atom stereocenters. The van der Waals surface area contributed by atoms with Gasteiger partial charge in [0, 0.05) is 13.1 Å². The molecule has 1 aromatic carbocycles. The molecule has 0 saturated carbocycles. The normalized spacial score (nSPS) is 22.6. The molecule has 196 valence electrons. The highest BCUT2D eigenvalue weighted by molar-refractivity contribution is 7.13. The summed E-state index contributed by atoms with van der Waals surface area (Å²) in [7, 11) is 0. The fraction of sp³-hybridized carbons (Fsp3) is 0.577. The van der Waals surface area contributed by atoms with Gasteiger partial charge in [0.05, 0.1) is 53.4 Å². The van der Waals surface area contributed by atoms with Crippen molar-refractivity contribution >= 4 is 23.2 Å². The van der Waals surface area contributed by atoms with Crippen LogP contribution in [-0.4, -0.2) is 76.1 Å². The number of hydrogen-bond acceptors (Lipinski definition) is 8. The van der Waals surface area contributed by atoms with Crippen molar-refractivity contribution in [3.63, 3.8) is 0 Å². The number of likely N-dealkylation sites (tertiary alicyclic amines) is 1. The molecule has 10 heteroatoms. The largest absolute Gasteiger partial charge is 0.392 e. The third-order valence-electron chi connectivity index (χ3n) is 6.93. The molecular weight excluding hydrogens is 480 g/mol. The van der Waals surface area contributed by atoms with E-state index in [1.807, 2.05) is 57.5 Å². The predicted molar refractivity (Wildman–Crippen MR) is 137 cm³/mol. The number of nitrogens with one attached hydrogen (secondary N) is 2. The molecule has 2 amide bonds. The zero-order valence-corrected chi connectivity index (χ0v) is 22.0. The van der Waals surface area contributed by atoms with Crippen molar-refractivity contribution in [3.8, 4) is 10.4 Å². The smallest absolute Gasteiger partial charge is 0.237 e. The van der Waals surface area contributed by atoms with Crippen molar-refractivity contribution in [1.29, 1.82) is 0 Å². The summed E-state index contributed by atoms with van der Waals surface area (Å²) in [5, 5.41) is 27.6. The van der Waals surface area contributed by atoms with Crippen LogP contribution in [-0.2, 0) is 20.9 Å². The standard InChI is InChI=1S/C26H36N4O5S/c1-15-21(36-14-28-15)17-7-5-16(6-8-17)10-27-24(33)20-9-19(31)11-30(20)25(34)22(26(2,3)4)29-23(32)18-12-35-13-18/h5-8,14,18-20,22,25,31,34H,9-13H2,1-4H3,(H,27,33)(H,29,32). The summed E-state index contributed by atoms with van der Waals surface area (Å²) in [5.41, 5.74) is 4.37. The van der Waals surface area contributed by atoms with Crippen LogP contribution in [0.15, 0.2) is 29.8 Å². The van der Waals surface area contributed by atoms with Gasteiger partial charge in [-0.1, -0.05) is 45.0 Å². The Morgan fingerprint density at radius 1 is 1.22 bits per heavy atom. The fourth-order valence-corrected chi connectivity index (χ4v) is 5.45. The van der Waals surface area contributed by atoms with Gasteiger partial charge in [0.1, 0.15) is 6.23 Å². The Morgan fingerprint density at radius 3 is 2.47 bits per heavy atom. The van der Waals surface area contributed by atoms with Crippen LogP contribution in [0.5, 0.6) is 0 Å². The Balaban J connectivity index is 1.40. The Labute approximate surface area is 215 Å². The van der Waals surface area contributed by atoms with Crippen LogP contribution in [0.25, 0.3) is 10.4 Å². The van der Waals surface area contributed by atoms with Gasteiger partial charge < -0.3 is 25.6 Å². The maximum absolute atomic E-state index is 13.2. The number of rotatable bonds is 8. The molecule has 1 aromatic heterocycles. The first-order valence-corrected chi connectivity index (χ1v) is 13.2. The van der Waals surface area contributed by atoms with Gasteiger partial charge in [0.2, 0.25) is 11.8 Å². The van der Waals surface area contributed by atoms with E-state index in [2.05, 4.69) is 15.6 Å². The average Bonchev–Trinajstić information content (AvgIpc) is 3.39. The van der Waals surface area contributed by atoms with E-state index >= 15 is 0 Å². The molecule has 2 aliphatic rings. The summed E-state index contributed by atoms with van der Waals surface area (Å²) in [4.78, 5) is 32.8. The lowest BCUT2D eigenvalue weighted by atomic mass is 9.84. The fourth-order valence-electron chi connectivity index (χ4n) is 4.64. The molecule has 0 radical (unpaired) electrons. The molecule has 2 aromatic rings. The third kappa shape index (κ3) is 5.95. The number of aromatic nitrogens is 1. The molecule has 2 fully saturated rings. The monoisotopic (exact) mass is 516 g/mol. The molecule has 36 heavy (non-hydrogen) atoms. The van der Waals surface area contributed by atoms with Crippen molar-refractivity contribution in [2.45, 2.75) is 65.1 Å². The second-order valence-corrected chi connectivity index (χ2v) is 11.6. The van der Waals surface area contributed by atoms with Crippen LogP contribution in [0.2, 0.25) is 0 Å². The average molecular weight is 517 g/mol. The van der Waals surface area contributed by atoms with Gasteiger partial charge in [0.25, 0.3) is 0 Å². The first-order valence-electron chi connectivity index (χ1n) is 12.3. The van der Waals surface area contributed by atoms with E-state index in [4.69, 9.17) is 4.74 Å².